The number of allylic oxidation sites excluding steroid dienone is 1. The maximum Gasteiger partial charge on any atom is 0.0721 e. The molecule has 2 aromatic carbocycles. The molecule has 0 bridgehead atoms. The summed E-state index contributed by atoms with van der Waals surface area (Å²) in [5.41, 5.74) is 3.20. The van der Waals surface area contributed by atoms with Gasteiger partial charge in [0.15, 0.2) is 0 Å². The minimum atomic E-state index is -0.188. The van der Waals surface area contributed by atoms with Crippen LogP contribution in [0.15, 0.2) is 65.7 Å². The van der Waals surface area contributed by atoms with Crippen molar-refractivity contribution in [2.45, 2.75) is 19.2 Å². The molecule has 1 unspecified atom stereocenters. The van der Waals surface area contributed by atoms with E-state index in [0.717, 1.165) is 16.7 Å². The van der Waals surface area contributed by atoms with Crippen LogP contribution in [0, 0.1) is 5.92 Å². The Morgan fingerprint density at radius 1 is 0.800 bits per heavy atom. The van der Waals surface area contributed by atoms with Crippen molar-refractivity contribution >= 4 is 28.8 Å². The van der Waals surface area contributed by atoms with E-state index in [2.05, 4.69) is 38.1 Å². The summed E-state index contributed by atoms with van der Waals surface area (Å²) in [6, 6.07) is 20.3. The first-order valence-corrected chi connectivity index (χ1v) is 7.57. The second-order valence-corrected chi connectivity index (χ2v) is 5.98. The van der Waals surface area contributed by atoms with Crippen LogP contribution in [0.2, 0.25) is 0 Å². The molecule has 0 aliphatic carbocycles. The lowest BCUT2D eigenvalue weighted by Gasteiger charge is -2.18. The topological polar surface area (TPSA) is 0 Å². The van der Waals surface area contributed by atoms with Crippen molar-refractivity contribution in [3.05, 3.63) is 76.8 Å². The third kappa shape index (κ3) is 3.45. The molecule has 0 aliphatic heterocycles. The molecule has 0 saturated carbocycles. The quantitative estimate of drug-likeness (QED) is 0.612. The van der Waals surface area contributed by atoms with Gasteiger partial charge in [0.05, 0.1) is 5.38 Å². The summed E-state index contributed by atoms with van der Waals surface area (Å²) >= 11 is 13.1. The van der Waals surface area contributed by atoms with Crippen molar-refractivity contribution in [1.29, 1.82) is 0 Å². The molecule has 1 atom stereocenters. The fraction of sp³-hybridized carbons (Fsp3) is 0.222. The monoisotopic (exact) mass is 304 g/mol. The second kappa shape index (κ2) is 6.97. The van der Waals surface area contributed by atoms with E-state index in [1.165, 1.54) is 0 Å². The second-order valence-electron chi connectivity index (χ2n) is 5.10. The van der Waals surface area contributed by atoms with Crippen LogP contribution in [-0.4, -0.2) is 5.38 Å². The van der Waals surface area contributed by atoms with Gasteiger partial charge in [-0.3, -0.25) is 0 Å². The van der Waals surface area contributed by atoms with Gasteiger partial charge < -0.3 is 0 Å². The summed E-state index contributed by atoms with van der Waals surface area (Å²) in [5, 5.41) is 0.520. The lowest BCUT2D eigenvalue weighted by molar-refractivity contribution is 0.666. The van der Waals surface area contributed by atoms with Gasteiger partial charge in [0.2, 0.25) is 0 Å². The minimum Gasteiger partial charge on any atom is -0.117 e. The van der Waals surface area contributed by atoms with Gasteiger partial charge in [-0.05, 0) is 17.0 Å². The fourth-order valence-corrected chi connectivity index (χ4v) is 2.66. The van der Waals surface area contributed by atoms with Crippen molar-refractivity contribution in [2.75, 3.05) is 0 Å². The number of alkyl halides is 1. The maximum absolute atomic E-state index is 6.61. The maximum atomic E-state index is 6.61. The number of benzene rings is 2. The summed E-state index contributed by atoms with van der Waals surface area (Å²) in [6.07, 6.45) is 0. The van der Waals surface area contributed by atoms with E-state index in [9.17, 15) is 0 Å². The SMILES string of the molecule is CC(C)C(Cl)C(Cl)=C(c1ccccc1)c1ccccc1. The molecule has 2 heteroatoms. The molecular weight excluding hydrogens is 287 g/mol. The molecule has 0 radical (unpaired) electrons. The first-order valence-electron chi connectivity index (χ1n) is 6.76. The molecule has 0 nitrogen and oxygen atoms in total. The average molecular weight is 305 g/mol. The normalized spacial score (nSPS) is 12.2. The van der Waals surface area contributed by atoms with Crippen LogP contribution in [0.3, 0.4) is 0 Å². The largest absolute Gasteiger partial charge is 0.117 e. The number of rotatable bonds is 4. The molecule has 0 saturated heterocycles. The standard InChI is InChI=1S/C18H18Cl2/c1-13(2)17(19)18(20)16(14-9-5-3-6-10-14)15-11-7-4-8-12-15/h3-13,17H,1-2H3. The molecule has 2 rings (SSSR count). The fourth-order valence-electron chi connectivity index (χ4n) is 2.08. The van der Waals surface area contributed by atoms with E-state index in [4.69, 9.17) is 23.2 Å². The molecule has 0 aliphatic rings. The van der Waals surface area contributed by atoms with E-state index in [1.54, 1.807) is 0 Å². The molecule has 104 valence electrons. The predicted octanol–water partition coefficient (Wildman–Crippen LogP) is 5.95. The zero-order valence-electron chi connectivity index (χ0n) is 11.7. The lowest BCUT2D eigenvalue weighted by atomic mass is 9.95. The van der Waals surface area contributed by atoms with E-state index in [-0.39, 0.29) is 11.3 Å². The van der Waals surface area contributed by atoms with E-state index in [0.29, 0.717) is 5.03 Å². The summed E-state index contributed by atoms with van der Waals surface area (Å²) in [4.78, 5) is 0. The Bertz CT molecular complexity index is 529. The highest BCUT2D eigenvalue weighted by atomic mass is 35.5. The molecule has 2 aromatic rings. The Kier molecular flexibility index (Phi) is 5.28. The van der Waals surface area contributed by atoms with Crippen molar-refractivity contribution in [1.82, 2.24) is 0 Å². The van der Waals surface area contributed by atoms with Crippen LogP contribution >= 0.6 is 23.2 Å². The molecule has 20 heavy (non-hydrogen) atoms. The van der Waals surface area contributed by atoms with Crippen LogP contribution < -0.4 is 0 Å². The Hall–Kier alpha value is -1.24. The first kappa shape index (κ1) is 15.2. The van der Waals surface area contributed by atoms with Gasteiger partial charge in [0, 0.05) is 10.6 Å². The molecule has 0 heterocycles. The average Bonchev–Trinajstić information content (AvgIpc) is 2.48. The third-order valence-corrected chi connectivity index (χ3v) is 4.45. The van der Waals surface area contributed by atoms with Crippen LogP contribution in [0.1, 0.15) is 25.0 Å². The van der Waals surface area contributed by atoms with E-state index in [1.807, 2.05) is 36.4 Å². The van der Waals surface area contributed by atoms with Crippen molar-refractivity contribution in [3.8, 4) is 0 Å². The number of halogens is 2. The van der Waals surface area contributed by atoms with E-state index >= 15 is 0 Å². The highest BCUT2D eigenvalue weighted by Crippen LogP contribution is 2.34. The Labute approximate surface area is 131 Å². The van der Waals surface area contributed by atoms with Gasteiger partial charge in [0.1, 0.15) is 0 Å². The summed E-state index contributed by atoms with van der Waals surface area (Å²) in [6.45, 7) is 4.15. The van der Waals surface area contributed by atoms with Gasteiger partial charge in [-0.25, -0.2) is 0 Å². The van der Waals surface area contributed by atoms with Crippen LogP contribution in [-0.2, 0) is 0 Å². The van der Waals surface area contributed by atoms with E-state index < -0.39 is 0 Å². The summed E-state index contributed by atoms with van der Waals surface area (Å²) in [5.74, 6) is 0.284. The third-order valence-electron chi connectivity index (χ3n) is 3.19. The molecular formula is C18H18Cl2. The minimum absolute atomic E-state index is 0.188. The van der Waals surface area contributed by atoms with Crippen molar-refractivity contribution in [2.24, 2.45) is 5.92 Å². The number of hydrogen-bond acceptors (Lipinski definition) is 0. The molecule has 0 fully saturated rings. The van der Waals surface area contributed by atoms with Crippen LogP contribution in [0.25, 0.3) is 5.57 Å². The van der Waals surface area contributed by atoms with Gasteiger partial charge in [-0.2, -0.15) is 0 Å². The molecule has 0 spiro atoms. The van der Waals surface area contributed by atoms with Gasteiger partial charge in [-0.1, -0.05) is 86.1 Å². The molecule has 0 N–H and O–H groups in total. The highest BCUT2D eigenvalue weighted by molar-refractivity contribution is 6.40. The molecule has 0 amide bonds. The van der Waals surface area contributed by atoms with Gasteiger partial charge in [-0.15, -0.1) is 11.6 Å². The first-order chi connectivity index (χ1) is 9.61. The summed E-state index contributed by atoms with van der Waals surface area (Å²) in [7, 11) is 0. The smallest absolute Gasteiger partial charge is 0.0721 e. The Morgan fingerprint density at radius 3 is 1.55 bits per heavy atom. The van der Waals surface area contributed by atoms with Crippen molar-refractivity contribution < 1.29 is 0 Å². The zero-order valence-corrected chi connectivity index (χ0v) is 13.2. The lowest BCUT2D eigenvalue weighted by Crippen LogP contribution is -2.10. The highest BCUT2D eigenvalue weighted by Gasteiger charge is 2.19. The van der Waals surface area contributed by atoms with Crippen molar-refractivity contribution in [3.63, 3.8) is 0 Å². The Balaban J connectivity index is 2.59. The molecule has 0 aromatic heterocycles. The Morgan fingerprint density at radius 2 is 1.20 bits per heavy atom. The van der Waals surface area contributed by atoms with Gasteiger partial charge >= 0.3 is 0 Å². The van der Waals surface area contributed by atoms with Gasteiger partial charge in [0.25, 0.3) is 0 Å². The zero-order chi connectivity index (χ0) is 14.5. The summed E-state index contributed by atoms with van der Waals surface area (Å²) < 4.78 is 0. The van der Waals surface area contributed by atoms with Crippen LogP contribution in [0.4, 0.5) is 0 Å². The number of hydrogen-bond donors (Lipinski definition) is 0. The van der Waals surface area contributed by atoms with Crippen LogP contribution in [0.5, 0.6) is 0 Å². The predicted molar refractivity (Wildman–Crippen MR) is 89.2 cm³/mol.